The number of aryl methyl sites for hydroxylation is 1. The van der Waals surface area contributed by atoms with Crippen LogP contribution in [0.1, 0.15) is 43.9 Å². The van der Waals surface area contributed by atoms with Crippen LogP contribution in [0.2, 0.25) is 10.0 Å². The number of methoxy groups -OCH3 is 1. The third kappa shape index (κ3) is 4.88. The zero-order chi connectivity index (χ0) is 19.6. The van der Waals surface area contributed by atoms with Crippen LogP contribution in [0.4, 0.5) is 0 Å². The molecule has 0 saturated carbocycles. The Bertz CT molecular complexity index is 851. The summed E-state index contributed by atoms with van der Waals surface area (Å²) in [6.07, 6.45) is 1.65. The van der Waals surface area contributed by atoms with Crippen molar-refractivity contribution in [2.45, 2.75) is 44.8 Å². The van der Waals surface area contributed by atoms with Gasteiger partial charge in [-0.15, -0.1) is 0 Å². The fourth-order valence-corrected chi connectivity index (χ4v) is 3.63. The first-order valence-electron chi connectivity index (χ1n) is 8.88. The number of fused-ring (bicyclic) bond motifs is 1. The fraction of sp³-hybridized carbons (Fsp3) is 0.381. The average Bonchev–Trinajstić information content (AvgIpc) is 2.61. The van der Waals surface area contributed by atoms with Gasteiger partial charge in [0.1, 0.15) is 17.1 Å². The minimum absolute atomic E-state index is 0.0162. The van der Waals surface area contributed by atoms with Gasteiger partial charge in [-0.25, -0.2) is 0 Å². The second kappa shape index (κ2) is 7.99. The first-order chi connectivity index (χ1) is 12.8. The van der Waals surface area contributed by atoms with Crippen molar-refractivity contribution in [2.24, 2.45) is 0 Å². The molecular weight excluding hydrogens is 385 g/mol. The number of hydrogen-bond donors (Lipinski definition) is 1. The highest BCUT2D eigenvalue weighted by Gasteiger charge is 2.34. The van der Waals surface area contributed by atoms with Crippen LogP contribution in [0, 0.1) is 0 Å². The lowest BCUT2D eigenvalue weighted by Crippen LogP contribution is -2.41. The molecule has 0 spiro atoms. The third-order valence-corrected chi connectivity index (χ3v) is 5.37. The molecule has 0 aliphatic carbocycles. The number of halogens is 2. The molecule has 27 heavy (non-hydrogen) atoms. The van der Waals surface area contributed by atoms with Crippen LogP contribution in [0.25, 0.3) is 0 Å². The molecule has 0 unspecified atom stereocenters. The predicted molar refractivity (Wildman–Crippen MR) is 108 cm³/mol. The van der Waals surface area contributed by atoms with E-state index in [0.717, 1.165) is 22.6 Å². The minimum atomic E-state index is -0.358. The summed E-state index contributed by atoms with van der Waals surface area (Å²) in [7, 11) is 1.63. The summed E-state index contributed by atoms with van der Waals surface area (Å²) in [6.45, 7) is 4.05. The van der Waals surface area contributed by atoms with Crippen molar-refractivity contribution >= 4 is 29.1 Å². The molecule has 0 saturated heterocycles. The molecular formula is C21H23Cl2NO3. The summed E-state index contributed by atoms with van der Waals surface area (Å²) in [5.41, 5.74) is 1.56. The van der Waals surface area contributed by atoms with Gasteiger partial charge in [0.15, 0.2) is 0 Å². The van der Waals surface area contributed by atoms with E-state index in [2.05, 4.69) is 5.32 Å². The van der Waals surface area contributed by atoms with Gasteiger partial charge in [-0.05, 0) is 56.2 Å². The molecule has 1 amide bonds. The van der Waals surface area contributed by atoms with E-state index < -0.39 is 0 Å². The topological polar surface area (TPSA) is 47.6 Å². The van der Waals surface area contributed by atoms with E-state index in [1.54, 1.807) is 19.2 Å². The largest absolute Gasteiger partial charge is 0.497 e. The van der Waals surface area contributed by atoms with Gasteiger partial charge in [0.05, 0.1) is 23.2 Å². The number of ether oxygens (including phenoxy) is 2. The van der Waals surface area contributed by atoms with Crippen molar-refractivity contribution in [3.8, 4) is 11.5 Å². The lowest BCUT2D eigenvalue weighted by atomic mass is 9.89. The second-order valence-corrected chi connectivity index (χ2v) is 8.15. The summed E-state index contributed by atoms with van der Waals surface area (Å²) in [5.74, 6) is 1.51. The van der Waals surface area contributed by atoms with Gasteiger partial charge >= 0.3 is 0 Å². The molecule has 2 aromatic rings. The van der Waals surface area contributed by atoms with E-state index in [-0.39, 0.29) is 17.6 Å². The maximum atomic E-state index is 12.6. The van der Waals surface area contributed by atoms with E-state index in [9.17, 15) is 4.79 Å². The van der Waals surface area contributed by atoms with Crippen molar-refractivity contribution in [3.05, 3.63) is 57.6 Å². The highest BCUT2D eigenvalue weighted by Crippen LogP contribution is 2.41. The van der Waals surface area contributed by atoms with Gasteiger partial charge in [0, 0.05) is 18.4 Å². The Morgan fingerprint density at radius 3 is 2.70 bits per heavy atom. The number of carbonyl (C=O) groups is 1. The van der Waals surface area contributed by atoms with Crippen molar-refractivity contribution in [2.75, 3.05) is 7.11 Å². The molecule has 1 aliphatic heterocycles. The fourth-order valence-electron chi connectivity index (χ4n) is 3.31. The molecule has 1 heterocycles. The van der Waals surface area contributed by atoms with Gasteiger partial charge < -0.3 is 14.8 Å². The normalized spacial score (nSPS) is 17.6. The molecule has 1 aliphatic rings. The number of benzene rings is 2. The molecule has 1 N–H and O–H groups in total. The van der Waals surface area contributed by atoms with Gasteiger partial charge in [-0.3, -0.25) is 4.79 Å². The highest BCUT2D eigenvalue weighted by molar-refractivity contribution is 6.42. The summed E-state index contributed by atoms with van der Waals surface area (Å²) < 4.78 is 11.4. The Balaban J connectivity index is 1.70. The van der Waals surface area contributed by atoms with E-state index in [1.807, 2.05) is 38.1 Å². The average molecular weight is 408 g/mol. The molecule has 0 aromatic heterocycles. The predicted octanol–water partition coefficient (Wildman–Crippen LogP) is 5.35. The second-order valence-electron chi connectivity index (χ2n) is 7.34. The smallest absolute Gasteiger partial charge is 0.220 e. The zero-order valence-electron chi connectivity index (χ0n) is 15.6. The van der Waals surface area contributed by atoms with Gasteiger partial charge in [0.2, 0.25) is 5.91 Å². The number of hydrogen-bond acceptors (Lipinski definition) is 3. The summed E-state index contributed by atoms with van der Waals surface area (Å²) in [5, 5.41) is 4.16. The molecule has 0 bridgehead atoms. The Morgan fingerprint density at radius 1 is 1.22 bits per heavy atom. The van der Waals surface area contributed by atoms with Gasteiger partial charge in [-0.1, -0.05) is 29.3 Å². The first kappa shape index (κ1) is 19.8. The Labute approximate surface area is 169 Å². The Hall–Kier alpha value is -1.91. The number of nitrogens with one attached hydrogen (secondary N) is 1. The molecule has 2 aromatic carbocycles. The molecule has 3 rings (SSSR count). The van der Waals surface area contributed by atoms with Gasteiger partial charge in [-0.2, -0.15) is 0 Å². The highest BCUT2D eigenvalue weighted by atomic mass is 35.5. The number of amides is 1. The van der Waals surface area contributed by atoms with E-state index in [1.165, 1.54) is 0 Å². The van der Waals surface area contributed by atoms with Crippen LogP contribution >= 0.6 is 23.2 Å². The molecule has 6 heteroatoms. The number of carbonyl (C=O) groups excluding carboxylic acids is 1. The number of rotatable bonds is 5. The van der Waals surface area contributed by atoms with Crippen molar-refractivity contribution < 1.29 is 14.3 Å². The monoisotopic (exact) mass is 407 g/mol. The summed E-state index contributed by atoms with van der Waals surface area (Å²) in [6, 6.07) is 11.0. The third-order valence-electron chi connectivity index (χ3n) is 4.63. The lowest BCUT2D eigenvalue weighted by molar-refractivity contribution is -0.122. The van der Waals surface area contributed by atoms with E-state index in [4.69, 9.17) is 32.7 Å². The maximum absolute atomic E-state index is 12.6. The SMILES string of the molecule is COc1ccc2c(c1)[C@H](NC(=O)CCc1ccc(Cl)c(Cl)c1)CC(C)(C)O2. The van der Waals surface area contributed by atoms with Crippen molar-refractivity contribution in [1.82, 2.24) is 5.32 Å². The van der Waals surface area contributed by atoms with Crippen LogP contribution in [-0.4, -0.2) is 18.6 Å². The summed E-state index contributed by atoms with van der Waals surface area (Å²) >= 11 is 12.0. The van der Waals surface area contributed by atoms with E-state index >= 15 is 0 Å². The maximum Gasteiger partial charge on any atom is 0.220 e. The van der Waals surface area contributed by atoms with Gasteiger partial charge in [0.25, 0.3) is 0 Å². The standard InChI is InChI=1S/C21H23Cl2NO3/c1-21(2)12-18(15-11-14(26-3)6-8-19(15)27-21)24-20(25)9-5-13-4-7-16(22)17(23)10-13/h4,6-8,10-11,18H,5,9,12H2,1-3H3,(H,24,25)/t18-/m1/s1. The molecule has 144 valence electrons. The van der Waals surface area contributed by atoms with Crippen molar-refractivity contribution in [3.63, 3.8) is 0 Å². The zero-order valence-corrected chi connectivity index (χ0v) is 17.2. The quantitative estimate of drug-likeness (QED) is 0.725. The van der Waals surface area contributed by atoms with Crippen LogP contribution in [0.5, 0.6) is 11.5 Å². The Kier molecular flexibility index (Phi) is 5.87. The summed E-state index contributed by atoms with van der Waals surface area (Å²) in [4.78, 5) is 12.6. The van der Waals surface area contributed by atoms with Crippen LogP contribution in [-0.2, 0) is 11.2 Å². The van der Waals surface area contributed by atoms with Crippen LogP contribution in [0.15, 0.2) is 36.4 Å². The Morgan fingerprint density at radius 2 is 2.00 bits per heavy atom. The molecule has 0 radical (unpaired) electrons. The minimum Gasteiger partial charge on any atom is -0.497 e. The molecule has 0 fully saturated rings. The van der Waals surface area contributed by atoms with Crippen LogP contribution < -0.4 is 14.8 Å². The molecule has 1 atom stereocenters. The first-order valence-corrected chi connectivity index (χ1v) is 9.63. The molecule has 4 nitrogen and oxygen atoms in total. The van der Waals surface area contributed by atoms with E-state index in [0.29, 0.717) is 29.3 Å². The van der Waals surface area contributed by atoms with Crippen molar-refractivity contribution in [1.29, 1.82) is 0 Å². The van der Waals surface area contributed by atoms with Crippen LogP contribution in [0.3, 0.4) is 0 Å². The lowest BCUT2D eigenvalue weighted by Gasteiger charge is -2.38.